The Morgan fingerprint density at radius 3 is 2.40 bits per heavy atom. The van der Waals surface area contributed by atoms with Gasteiger partial charge in [-0.3, -0.25) is 4.98 Å². The molecule has 1 N–H and O–H groups in total. The number of nitrogens with one attached hydrogen (secondary N) is 1. The highest BCUT2D eigenvalue weighted by molar-refractivity contribution is 5.88. The number of pyridine rings is 1. The van der Waals surface area contributed by atoms with Crippen LogP contribution in [-0.2, 0) is 22.6 Å². The normalized spacial score (nSPS) is 10.8. The van der Waals surface area contributed by atoms with Crippen LogP contribution in [0.2, 0.25) is 0 Å². The van der Waals surface area contributed by atoms with Crippen LogP contribution < -0.4 is 5.32 Å². The highest BCUT2D eigenvalue weighted by Gasteiger charge is 2.16. The molecule has 2 aromatic rings. The minimum absolute atomic E-state index is 0.210. The van der Waals surface area contributed by atoms with Crippen molar-refractivity contribution in [3.63, 3.8) is 0 Å². The molecule has 6 heteroatoms. The summed E-state index contributed by atoms with van der Waals surface area (Å²) in [6.07, 6.45) is 0.917. The van der Waals surface area contributed by atoms with Crippen LogP contribution in [0.3, 0.4) is 0 Å². The summed E-state index contributed by atoms with van der Waals surface area (Å²) >= 11 is 0. The first-order valence-electron chi connectivity index (χ1n) is 7.96. The fraction of sp³-hybridized carbons (Fsp3) is 0.316. The second-order valence-electron chi connectivity index (χ2n) is 6.46. The first-order chi connectivity index (χ1) is 11.8. The summed E-state index contributed by atoms with van der Waals surface area (Å²) in [5.41, 5.74) is 1.34. The van der Waals surface area contributed by atoms with Crippen molar-refractivity contribution in [1.82, 2.24) is 10.3 Å². The number of nitrogens with zero attached hydrogens (tertiary/aromatic N) is 1. The van der Waals surface area contributed by atoms with E-state index in [4.69, 9.17) is 9.47 Å². The van der Waals surface area contributed by atoms with Crippen LogP contribution in [-0.4, -0.2) is 22.6 Å². The molecule has 0 saturated carbocycles. The minimum Gasteiger partial charge on any atom is -0.457 e. The summed E-state index contributed by atoms with van der Waals surface area (Å²) in [6.45, 7) is 5.80. The maximum Gasteiger partial charge on any atom is 0.407 e. The molecule has 1 aromatic heterocycles. The topological polar surface area (TPSA) is 77.5 Å². The summed E-state index contributed by atoms with van der Waals surface area (Å²) in [6, 6.07) is 12.7. The lowest BCUT2D eigenvalue weighted by Crippen LogP contribution is -2.32. The first kappa shape index (κ1) is 18.4. The van der Waals surface area contributed by atoms with Crippen LogP contribution in [0.1, 0.15) is 42.4 Å². The van der Waals surface area contributed by atoms with Crippen molar-refractivity contribution in [3.8, 4) is 0 Å². The van der Waals surface area contributed by atoms with E-state index in [2.05, 4.69) is 10.3 Å². The summed E-state index contributed by atoms with van der Waals surface area (Å²) < 4.78 is 10.4. The van der Waals surface area contributed by atoms with Crippen molar-refractivity contribution < 1.29 is 19.1 Å². The number of amides is 1. The van der Waals surface area contributed by atoms with Gasteiger partial charge in [0.2, 0.25) is 0 Å². The van der Waals surface area contributed by atoms with Crippen LogP contribution in [0, 0.1) is 0 Å². The number of alkyl carbamates (subject to hydrolysis) is 1. The molecule has 25 heavy (non-hydrogen) atoms. The van der Waals surface area contributed by atoms with E-state index in [-0.39, 0.29) is 13.2 Å². The highest BCUT2D eigenvalue weighted by Crippen LogP contribution is 2.08. The van der Waals surface area contributed by atoms with Gasteiger partial charge in [-0.25, -0.2) is 9.59 Å². The van der Waals surface area contributed by atoms with Crippen molar-refractivity contribution in [2.24, 2.45) is 0 Å². The van der Waals surface area contributed by atoms with Gasteiger partial charge in [-0.2, -0.15) is 0 Å². The number of carbonyl (C=O) groups is 2. The molecule has 132 valence electrons. The summed E-state index contributed by atoms with van der Waals surface area (Å²) in [7, 11) is 0. The van der Waals surface area contributed by atoms with Gasteiger partial charge in [0, 0.05) is 6.20 Å². The van der Waals surface area contributed by atoms with Crippen LogP contribution in [0.25, 0.3) is 0 Å². The Kier molecular flexibility index (Phi) is 6.11. The van der Waals surface area contributed by atoms with Crippen molar-refractivity contribution in [3.05, 3.63) is 65.5 Å². The van der Waals surface area contributed by atoms with Crippen molar-refractivity contribution in [2.75, 3.05) is 0 Å². The van der Waals surface area contributed by atoms with Gasteiger partial charge >= 0.3 is 12.1 Å². The van der Waals surface area contributed by atoms with E-state index in [1.807, 2.05) is 30.3 Å². The van der Waals surface area contributed by atoms with E-state index in [9.17, 15) is 9.59 Å². The molecule has 2 rings (SSSR count). The van der Waals surface area contributed by atoms with E-state index >= 15 is 0 Å². The van der Waals surface area contributed by atoms with E-state index in [1.165, 1.54) is 6.20 Å². The summed E-state index contributed by atoms with van der Waals surface area (Å²) in [5.74, 6) is -0.442. The Labute approximate surface area is 147 Å². The Hall–Kier alpha value is -2.89. The molecule has 0 aliphatic rings. The van der Waals surface area contributed by atoms with E-state index in [0.717, 1.165) is 5.56 Å². The molecule has 0 aliphatic heterocycles. The fourth-order valence-electron chi connectivity index (χ4n) is 1.93. The summed E-state index contributed by atoms with van der Waals surface area (Å²) in [4.78, 5) is 27.7. The lowest BCUT2D eigenvalue weighted by molar-refractivity contribution is 0.0469. The van der Waals surface area contributed by atoms with Crippen molar-refractivity contribution in [2.45, 2.75) is 39.5 Å². The lowest BCUT2D eigenvalue weighted by atomic mass is 10.2. The maximum absolute atomic E-state index is 12.0. The third-order valence-corrected chi connectivity index (χ3v) is 3.09. The quantitative estimate of drug-likeness (QED) is 0.842. The molecular weight excluding hydrogens is 320 g/mol. The molecule has 0 aliphatic carbocycles. The molecule has 6 nitrogen and oxygen atoms in total. The molecule has 0 radical (unpaired) electrons. The van der Waals surface area contributed by atoms with E-state index in [0.29, 0.717) is 11.3 Å². The Balaban J connectivity index is 1.82. The molecule has 0 unspecified atom stereocenters. The van der Waals surface area contributed by atoms with Gasteiger partial charge in [-0.15, -0.1) is 0 Å². The third-order valence-electron chi connectivity index (χ3n) is 3.09. The first-order valence-corrected chi connectivity index (χ1v) is 7.96. The predicted molar refractivity (Wildman–Crippen MR) is 92.9 cm³/mol. The van der Waals surface area contributed by atoms with Gasteiger partial charge in [0.25, 0.3) is 0 Å². The van der Waals surface area contributed by atoms with Gasteiger partial charge < -0.3 is 14.8 Å². The molecule has 1 aromatic carbocycles. The molecule has 1 heterocycles. The highest BCUT2D eigenvalue weighted by atomic mass is 16.6. The number of rotatable bonds is 5. The van der Waals surface area contributed by atoms with E-state index in [1.54, 1.807) is 32.9 Å². The molecule has 0 spiro atoms. The zero-order valence-electron chi connectivity index (χ0n) is 14.6. The number of hydrogen-bond donors (Lipinski definition) is 1. The van der Waals surface area contributed by atoms with Gasteiger partial charge in [0.1, 0.15) is 12.2 Å². The predicted octanol–water partition coefficient (Wildman–Crippen LogP) is 3.46. The molecule has 0 saturated heterocycles. The number of benzene rings is 1. The van der Waals surface area contributed by atoms with Crippen LogP contribution in [0.4, 0.5) is 4.79 Å². The second kappa shape index (κ2) is 8.28. The maximum atomic E-state index is 12.0. The Morgan fingerprint density at radius 2 is 1.80 bits per heavy atom. The number of hydrogen-bond acceptors (Lipinski definition) is 5. The average Bonchev–Trinajstić information content (AvgIpc) is 2.58. The van der Waals surface area contributed by atoms with Gasteiger partial charge in [0.15, 0.2) is 0 Å². The minimum atomic E-state index is -0.552. The van der Waals surface area contributed by atoms with Crippen LogP contribution in [0.15, 0.2) is 48.7 Å². The number of ether oxygens (including phenoxy) is 2. The van der Waals surface area contributed by atoms with Crippen LogP contribution in [0.5, 0.6) is 0 Å². The largest absolute Gasteiger partial charge is 0.457 e. The van der Waals surface area contributed by atoms with Crippen LogP contribution >= 0.6 is 0 Å². The smallest absolute Gasteiger partial charge is 0.407 e. The van der Waals surface area contributed by atoms with Crippen molar-refractivity contribution in [1.29, 1.82) is 0 Å². The molecular formula is C19H22N2O4. The zero-order chi connectivity index (χ0) is 18.3. The number of carbonyl (C=O) groups excluding carboxylic acids is 2. The molecule has 1 amide bonds. The Bertz CT molecular complexity index is 706. The lowest BCUT2D eigenvalue weighted by Gasteiger charge is -2.19. The van der Waals surface area contributed by atoms with Crippen molar-refractivity contribution >= 4 is 12.1 Å². The SMILES string of the molecule is CC(C)(C)OC(=O)NCc1ccc(C(=O)OCc2ccccc2)cn1. The fourth-order valence-corrected chi connectivity index (χ4v) is 1.93. The molecule has 0 fully saturated rings. The van der Waals surface area contributed by atoms with E-state index < -0.39 is 17.7 Å². The molecule has 0 bridgehead atoms. The monoisotopic (exact) mass is 342 g/mol. The van der Waals surface area contributed by atoms with Gasteiger partial charge in [-0.1, -0.05) is 30.3 Å². The second-order valence-corrected chi connectivity index (χ2v) is 6.46. The standard InChI is InChI=1S/C19H22N2O4/c1-19(2,3)25-18(23)21-12-16-10-9-15(11-20-16)17(22)24-13-14-7-5-4-6-8-14/h4-11H,12-13H2,1-3H3,(H,21,23). The average molecular weight is 342 g/mol. The number of esters is 1. The summed E-state index contributed by atoms with van der Waals surface area (Å²) in [5, 5.41) is 2.61. The third kappa shape index (κ3) is 6.63. The number of aromatic nitrogens is 1. The van der Waals surface area contributed by atoms with Gasteiger partial charge in [0.05, 0.1) is 17.8 Å². The van der Waals surface area contributed by atoms with Gasteiger partial charge in [-0.05, 0) is 38.5 Å². The zero-order valence-corrected chi connectivity index (χ0v) is 14.6. The molecule has 0 atom stereocenters. The Morgan fingerprint density at radius 1 is 1.08 bits per heavy atom.